The minimum atomic E-state index is -0.452. The van der Waals surface area contributed by atoms with E-state index in [-0.39, 0.29) is 0 Å². The van der Waals surface area contributed by atoms with Crippen LogP contribution < -0.4 is 4.90 Å². The van der Waals surface area contributed by atoms with Crippen LogP contribution in [0.5, 0.6) is 0 Å². The number of hydrogen-bond donors (Lipinski definition) is 0. The predicted molar refractivity (Wildman–Crippen MR) is 68.9 cm³/mol. The average molecular weight is 261 g/mol. The topological polar surface area (TPSA) is 68.5 Å². The molecular weight excluding hydrogens is 246 g/mol. The first-order valence-corrected chi connectivity index (χ1v) is 5.76. The number of anilines is 1. The van der Waals surface area contributed by atoms with Gasteiger partial charge in [0.15, 0.2) is 0 Å². The van der Waals surface area contributed by atoms with Crippen molar-refractivity contribution in [3.05, 3.63) is 41.7 Å². The number of furan rings is 1. The van der Waals surface area contributed by atoms with Crippen molar-refractivity contribution in [2.75, 3.05) is 19.1 Å². The highest BCUT2D eigenvalue weighted by Crippen LogP contribution is 2.19. The van der Waals surface area contributed by atoms with Gasteiger partial charge in [0.25, 0.3) is 0 Å². The van der Waals surface area contributed by atoms with E-state index >= 15 is 0 Å². The van der Waals surface area contributed by atoms with E-state index in [1.165, 1.54) is 19.6 Å². The third kappa shape index (κ3) is 2.73. The second-order valence-electron chi connectivity index (χ2n) is 4.11. The second kappa shape index (κ2) is 5.51. The van der Waals surface area contributed by atoms with Gasteiger partial charge in [0, 0.05) is 25.4 Å². The maximum atomic E-state index is 11.7. The Kier molecular flexibility index (Phi) is 3.79. The van der Waals surface area contributed by atoms with E-state index in [0.29, 0.717) is 17.9 Å². The van der Waals surface area contributed by atoms with Crippen LogP contribution in [0, 0.1) is 6.92 Å². The van der Waals surface area contributed by atoms with E-state index in [1.807, 2.05) is 24.9 Å². The molecule has 0 unspecified atom stereocenters. The van der Waals surface area contributed by atoms with Gasteiger partial charge in [0.2, 0.25) is 0 Å². The number of hydrogen-bond acceptors (Lipinski definition) is 6. The summed E-state index contributed by atoms with van der Waals surface area (Å²) in [6.07, 6.45) is 4.49. The third-order valence-corrected chi connectivity index (χ3v) is 2.83. The first-order chi connectivity index (χ1) is 9.13. The summed E-state index contributed by atoms with van der Waals surface area (Å²) in [5.74, 6) is 0.925. The Labute approximate surface area is 111 Å². The maximum absolute atomic E-state index is 11.7. The highest BCUT2D eigenvalue weighted by molar-refractivity contribution is 5.94. The van der Waals surface area contributed by atoms with Crippen LogP contribution in [0.1, 0.15) is 21.7 Å². The fourth-order valence-corrected chi connectivity index (χ4v) is 1.79. The van der Waals surface area contributed by atoms with Gasteiger partial charge in [-0.15, -0.1) is 0 Å². The van der Waals surface area contributed by atoms with E-state index in [4.69, 9.17) is 9.15 Å². The van der Waals surface area contributed by atoms with Crippen molar-refractivity contribution in [2.24, 2.45) is 0 Å². The summed E-state index contributed by atoms with van der Waals surface area (Å²) in [4.78, 5) is 21.5. The van der Waals surface area contributed by atoms with Crippen LogP contribution in [0.15, 0.2) is 29.3 Å². The number of aromatic nitrogens is 2. The molecule has 0 aliphatic heterocycles. The Bertz CT molecular complexity index is 580. The summed E-state index contributed by atoms with van der Waals surface area (Å²) in [5.41, 5.74) is 1.38. The molecule has 2 aromatic heterocycles. The van der Waals surface area contributed by atoms with Crippen LogP contribution in [0.3, 0.4) is 0 Å². The molecule has 0 amide bonds. The fourth-order valence-electron chi connectivity index (χ4n) is 1.79. The minimum Gasteiger partial charge on any atom is -0.469 e. The highest BCUT2D eigenvalue weighted by atomic mass is 16.5. The molecule has 0 spiro atoms. The normalized spacial score (nSPS) is 10.3. The summed E-state index contributed by atoms with van der Waals surface area (Å²) in [6.45, 7) is 2.48. The van der Waals surface area contributed by atoms with E-state index in [0.717, 1.165) is 11.3 Å². The van der Waals surface area contributed by atoms with Gasteiger partial charge < -0.3 is 14.1 Å². The van der Waals surface area contributed by atoms with Crippen LogP contribution >= 0.6 is 0 Å². The van der Waals surface area contributed by atoms with Crippen LogP contribution in [0.25, 0.3) is 0 Å². The van der Waals surface area contributed by atoms with E-state index < -0.39 is 5.97 Å². The zero-order valence-corrected chi connectivity index (χ0v) is 11.1. The average Bonchev–Trinajstić information content (AvgIpc) is 2.83. The molecule has 19 heavy (non-hydrogen) atoms. The van der Waals surface area contributed by atoms with Crippen molar-refractivity contribution in [3.63, 3.8) is 0 Å². The van der Waals surface area contributed by atoms with Crippen molar-refractivity contribution in [2.45, 2.75) is 13.5 Å². The lowest BCUT2D eigenvalue weighted by molar-refractivity contribution is 0.0600. The van der Waals surface area contributed by atoms with Crippen molar-refractivity contribution >= 4 is 11.8 Å². The van der Waals surface area contributed by atoms with Gasteiger partial charge in [-0.05, 0) is 13.0 Å². The molecule has 6 nitrogen and oxygen atoms in total. The Balaban J connectivity index is 2.26. The van der Waals surface area contributed by atoms with Gasteiger partial charge in [0.1, 0.15) is 23.5 Å². The smallest absolute Gasteiger partial charge is 0.343 e. The molecule has 100 valence electrons. The number of ether oxygens (including phenoxy) is 1. The first kappa shape index (κ1) is 13.1. The fraction of sp³-hybridized carbons (Fsp3) is 0.308. The summed E-state index contributed by atoms with van der Waals surface area (Å²) in [7, 11) is 3.18. The summed E-state index contributed by atoms with van der Waals surface area (Å²) < 4.78 is 9.97. The number of rotatable bonds is 4. The lowest BCUT2D eigenvalue weighted by atomic mass is 10.2. The van der Waals surface area contributed by atoms with Crippen molar-refractivity contribution in [1.82, 2.24) is 9.97 Å². The van der Waals surface area contributed by atoms with Crippen LogP contribution in [0.4, 0.5) is 5.82 Å². The van der Waals surface area contributed by atoms with Crippen molar-refractivity contribution in [3.8, 4) is 0 Å². The summed E-state index contributed by atoms with van der Waals surface area (Å²) >= 11 is 0. The number of carbonyl (C=O) groups is 1. The molecule has 0 atom stereocenters. The molecule has 0 N–H and O–H groups in total. The molecule has 0 fully saturated rings. The van der Waals surface area contributed by atoms with Crippen LogP contribution in [-0.4, -0.2) is 30.1 Å². The lowest BCUT2D eigenvalue weighted by Gasteiger charge is -2.19. The molecule has 0 saturated carbocycles. The maximum Gasteiger partial charge on any atom is 0.343 e. The number of nitrogens with zero attached hydrogens (tertiary/aromatic N) is 3. The summed E-state index contributed by atoms with van der Waals surface area (Å²) in [5, 5.41) is 0. The van der Waals surface area contributed by atoms with Gasteiger partial charge >= 0.3 is 5.97 Å². The Morgan fingerprint density at radius 3 is 2.95 bits per heavy atom. The molecule has 2 heterocycles. The monoisotopic (exact) mass is 261 g/mol. The molecule has 2 aromatic rings. The largest absolute Gasteiger partial charge is 0.469 e. The number of carbonyl (C=O) groups excluding carboxylic acids is 1. The van der Waals surface area contributed by atoms with Gasteiger partial charge in [-0.25, -0.2) is 14.8 Å². The van der Waals surface area contributed by atoms with Gasteiger partial charge in [-0.2, -0.15) is 0 Å². The Hall–Kier alpha value is -2.37. The molecule has 0 aromatic carbocycles. The standard InChI is InChI=1S/C13H15N3O3/c1-9-10(4-5-19-9)7-16(2)12-11(13(17)18-3)6-14-8-15-12/h4-6,8H,7H2,1-3H3. The molecule has 6 heteroatoms. The minimum absolute atomic E-state index is 0.341. The Morgan fingerprint density at radius 2 is 2.32 bits per heavy atom. The van der Waals surface area contributed by atoms with Gasteiger partial charge in [-0.3, -0.25) is 0 Å². The molecule has 0 bridgehead atoms. The molecule has 0 aliphatic rings. The van der Waals surface area contributed by atoms with Crippen LogP contribution in [0.2, 0.25) is 0 Å². The molecule has 0 aliphatic carbocycles. The van der Waals surface area contributed by atoms with Gasteiger partial charge in [0.05, 0.1) is 13.4 Å². The molecule has 0 radical (unpaired) electrons. The van der Waals surface area contributed by atoms with E-state index in [2.05, 4.69) is 9.97 Å². The SMILES string of the molecule is COC(=O)c1cncnc1N(C)Cc1ccoc1C. The number of esters is 1. The lowest BCUT2D eigenvalue weighted by Crippen LogP contribution is -2.21. The van der Waals surface area contributed by atoms with Gasteiger partial charge in [-0.1, -0.05) is 0 Å². The molecule has 0 saturated heterocycles. The zero-order valence-electron chi connectivity index (χ0n) is 11.1. The highest BCUT2D eigenvalue weighted by Gasteiger charge is 2.17. The van der Waals surface area contributed by atoms with Crippen molar-refractivity contribution in [1.29, 1.82) is 0 Å². The van der Waals surface area contributed by atoms with E-state index in [9.17, 15) is 4.79 Å². The number of aryl methyl sites for hydroxylation is 1. The summed E-state index contributed by atoms with van der Waals surface area (Å²) in [6, 6.07) is 1.89. The quantitative estimate of drug-likeness (QED) is 0.782. The predicted octanol–water partition coefficient (Wildman–Crippen LogP) is 1.80. The van der Waals surface area contributed by atoms with Crippen molar-refractivity contribution < 1.29 is 13.9 Å². The Morgan fingerprint density at radius 1 is 1.53 bits per heavy atom. The third-order valence-electron chi connectivity index (χ3n) is 2.83. The molecule has 2 rings (SSSR count). The van der Waals surface area contributed by atoms with E-state index in [1.54, 1.807) is 6.26 Å². The zero-order chi connectivity index (χ0) is 13.8. The second-order valence-corrected chi connectivity index (χ2v) is 4.11. The molecular formula is C13H15N3O3. The van der Waals surface area contributed by atoms with Crippen LogP contribution in [-0.2, 0) is 11.3 Å². The number of methoxy groups -OCH3 is 1. The first-order valence-electron chi connectivity index (χ1n) is 5.76.